The number of amidine groups is 1. The van der Waals surface area contributed by atoms with E-state index < -0.39 is 0 Å². The van der Waals surface area contributed by atoms with Crippen molar-refractivity contribution in [2.75, 3.05) is 19.6 Å². The molecule has 0 saturated heterocycles. The van der Waals surface area contributed by atoms with Crippen molar-refractivity contribution >= 4 is 29.2 Å². The largest absolute Gasteiger partial charge is 0.357 e. The molecule has 0 amide bonds. The van der Waals surface area contributed by atoms with Gasteiger partial charge in [0.2, 0.25) is 0 Å². The van der Waals surface area contributed by atoms with Crippen LogP contribution in [0.3, 0.4) is 0 Å². The molecule has 21 heavy (non-hydrogen) atoms. The highest BCUT2D eigenvalue weighted by molar-refractivity contribution is 7.80. The highest BCUT2D eigenvalue weighted by atomic mass is 32.1. The van der Waals surface area contributed by atoms with Crippen molar-refractivity contribution in [3.63, 3.8) is 0 Å². The summed E-state index contributed by atoms with van der Waals surface area (Å²) in [4.78, 5) is 7.15. The van der Waals surface area contributed by atoms with Gasteiger partial charge in [-0.05, 0) is 16.3 Å². The monoisotopic (exact) mass is 298 g/mol. The summed E-state index contributed by atoms with van der Waals surface area (Å²) in [5.41, 5.74) is 1.37. The maximum absolute atomic E-state index is 4.76. The molecule has 0 fully saturated rings. The number of hydrogen-bond acceptors (Lipinski definition) is 3. The highest BCUT2D eigenvalue weighted by Gasteiger charge is 2.25. The molecule has 1 heterocycles. The van der Waals surface area contributed by atoms with E-state index >= 15 is 0 Å². The van der Waals surface area contributed by atoms with Crippen molar-refractivity contribution in [3.05, 3.63) is 48.0 Å². The van der Waals surface area contributed by atoms with E-state index in [4.69, 9.17) is 4.99 Å². The Bertz CT molecular complexity index is 658. The summed E-state index contributed by atoms with van der Waals surface area (Å²) in [5.74, 6) is 1.54. The lowest BCUT2D eigenvalue weighted by Gasteiger charge is -2.26. The van der Waals surface area contributed by atoms with Crippen molar-refractivity contribution in [2.45, 2.75) is 25.0 Å². The summed E-state index contributed by atoms with van der Waals surface area (Å²) in [7, 11) is 0. The van der Waals surface area contributed by atoms with Gasteiger partial charge in [-0.1, -0.05) is 56.3 Å². The topological polar surface area (TPSA) is 15.6 Å². The van der Waals surface area contributed by atoms with Gasteiger partial charge in [0.25, 0.3) is 0 Å². The molecule has 0 N–H and O–H groups in total. The molecule has 0 radical (unpaired) electrons. The smallest absolute Gasteiger partial charge is 0.106 e. The van der Waals surface area contributed by atoms with E-state index in [9.17, 15) is 0 Å². The molecule has 0 bridgehead atoms. The van der Waals surface area contributed by atoms with Crippen LogP contribution in [-0.2, 0) is 0 Å². The number of fused-ring (bicyclic) bond motifs is 1. The van der Waals surface area contributed by atoms with Gasteiger partial charge in [0.15, 0.2) is 0 Å². The Labute approximate surface area is 132 Å². The second-order valence-corrected chi connectivity index (χ2v) is 6.71. The van der Waals surface area contributed by atoms with Crippen molar-refractivity contribution in [3.8, 4) is 0 Å². The lowest BCUT2D eigenvalue weighted by atomic mass is 9.93. The van der Waals surface area contributed by atoms with E-state index in [1.165, 1.54) is 22.2 Å². The number of hydrogen-bond donors (Lipinski definition) is 1. The van der Waals surface area contributed by atoms with Gasteiger partial charge < -0.3 is 4.90 Å². The molecule has 1 aliphatic heterocycles. The number of rotatable bonds is 4. The van der Waals surface area contributed by atoms with Gasteiger partial charge in [-0.25, -0.2) is 0 Å². The Balaban J connectivity index is 1.95. The summed E-state index contributed by atoms with van der Waals surface area (Å²) in [6, 6.07) is 15.2. The van der Waals surface area contributed by atoms with Gasteiger partial charge >= 0.3 is 0 Å². The first-order chi connectivity index (χ1) is 10.2. The molecule has 0 aromatic heterocycles. The molecule has 3 rings (SSSR count). The van der Waals surface area contributed by atoms with Crippen molar-refractivity contribution < 1.29 is 0 Å². The molecule has 110 valence electrons. The Morgan fingerprint density at radius 2 is 1.90 bits per heavy atom. The molecule has 0 aliphatic carbocycles. The highest BCUT2D eigenvalue weighted by Crippen LogP contribution is 2.28. The van der Waals surface area contributed by atoms with E-state index in [0.717, 1.165) is 19.6 Å². The molecule has 0 saturated carbocycles. The van der Waals surface area contributed by atoms with Gasteiger partial charge in [-0.15, -0.1) is 0 Å². The average Bonchev–Trinajstić information content (AvgIpc) is 2.93. The maximum Gasteiger partial charge on any atom is 0.106 e. The minimum Gasteiger partial charge on any atom is -0.357 e. The molecule has 3 heteroatoms. The number of benzene rings is 2. The molecule has 2 aromatic rings. The van der Waals surface area contributed by atoms with Gasteiger partial charge in [0.05, 0.1) is 6.54 Å². The summed E-state index contributed by atoms with van der Waals surface area (Å²) in [6.45, 7) is 7.31. The first kappa shape index (κ1) is 14.5. The third-order valence-electron chi connectivity index (χ3n) is 4.13. The average molecular weight is 298 g/mol. The Morgan fingerprint density at radius 3 is 2.71 bits per heavy atom. The van der Waals surface area contributed by atoms with Crippen LogP contribution < -0.4 is 0 Å². The molecule has 2 nitrogen and oxygen atoms in total. The van der Waals surface area contributed by atoms with Gasteiger partial charge in [-0.3, -0.25) is 4.99 Å². The predicted octanol–water partition coefficient (Wildman–Crippen LogP) is 3.98. The molecule has 2 unspecified atom stereocenters. The normalized spacial score (nSPS) is 17.9. The maximum atomic E-state index is 4.76. The fourth-order valence-electron chi connectivity index (χ4n) is 3.18. The second kappa shape index (κ2) is 6.10. The predicted molar refractivity (Wildman–Crippen MR) is 94.7 cm³/mol. The van der Waals surface area contributed by atoms with Crippen LogP contribution in [-0.4, -0.2) is 35.6 Å². The van der Waals surface area contributed by atoms with Gasteiger partial charge in [-0.2, -0.15) is 12.6 Å². The number of thiol groups is 1. The van der Waals surface area contributed by atoms with Gasteiger partial charge in [0, 0.05) is 24.3 Å². The zero-order valence-corrected chi connectivity index (χ0v) is 13.6. The quantitative estimate of drug-likeness (QED) is 0.844. The summed E-state index contributed by atoms with van der Waals surface area (Å²) in [5, 5.41) is 3.00. The van der Waals surface area contributed by atoms with E-state index in [2.05, 4.69) is 73.8 Å². The van der Waals surface area contributed by atoms with Crippen LogP contribution in [0, 0.1) is 0 Å². The minimum atomic E-state index is 0.325. The van der Waals surface area contributed by atoms with Crippen LogP contribution in [0.4, 0.5) is 0 Å². The second-order valence-electron chi connectivity index (χ2n) is 5.83. The van der Waals surface area contributed by atoms with Gasteiger partial charge in [0.1, 0.15) is 5.84 Å². The summed E-state index contributed by atoms with van der Waals surface area (Å²) >= 11 is 4.53. The standard InChI is InChI=1S/C18H22N2S/c1-13(21)12-20-11-10-19-18(20)14(2)16-9-5-7-15-6-3-4-8-17(15)16/h3-9,13-14,21H,10-12H2,1-2H3. The SMILES string of the molecule is CC(S)CN1CCN=C1C(C)c1cccc2ccccc12. The lowest BCUT2D eigenvalue weighted by Crippen LogP contribution is -2.35. The number of aliphatic imine (C=N–C) groups is 1. The first-order valence-corrected chi connectivity index (χ1v) is 8.13. The molecule has 0 spiro atoms. The van der Waals surface area contributed by atoms with Crippen molar-refractivity contribution in [2.24, 2.45) is 4.99 Å². The summed E-state index contributed by atoms with van der Waals surface area (Å²) in [6.07, 6.45) is 0. The van der Waals surface area contributed by atoms with Crippen LogP contribution in [0.2, 0.25) is 0 Å². The van der Waals surface area contributed by atoms with Crippen LogP contribution >= 0.6 is 12.6 Å². The zero-order valence-electron chi connectivity index (χ0n) is 12.7. The van der Waals surface area contributed by atoms with Crippen LogP contribution in [0.15, 0.2) is 47.5 Å². The fraction of sp³-hybridized carbons (Fsp3) is 0.389. The summed E-state index contributed by atoms with van der Waals surface area (Å²) < 4.78 is 0. The molecule has 2 aromatic carbocycles. The van der Waals surface area contributed by atoms with Crippen molar-refractivity contribution in [1.29, 1.82) is 0 Å². The van der Waals surface area contributed by atoms with E-state index in [1.54, 1.807) is 0 Å². The Morgan fingerprint density at radius 1 is 1.14 bits per heavy atom. The third kappa shape index (κ3) is 2.93. The lowest BCUT2D eigenvalue weighted by molar-refractivity contribution is 0.450. The molecular weight excluding hydrogens is 276 g/mol. The Kier molecular flexibility index (Phi) is 4.20. The molecule has 1 aliphatic rings. The van der Waals surface area contributed by atoms with Crippen LogP contribution in [0.5, 0.6) is 0 Å². The third-order valence-corrected chi connectivity index (χ3v) is 4.29. The zero-order chi connectivity index (χ0) is 14.8. The minimum absolute atomic E-state index is 0.325. The first-order valence-electron chi connectivity index (χ1n) is 7.62. The molecule has 2 atom stereocenters. The molecular formula is C18H22N2S. The van der Waals surface area contributed by atoms with Crippen LogP contribution in [0.25, 0.3) is 10.8 Å². The van der Waals surface area contributed by atoms with Crippen LogP contribution in [0.1, 0.15) is 25.3 Å². The van der Waals surface area contributed by atoms with E-state index in [-0.39, 0.29) is 0 Å². The van der Waals surface area contributed by atoms with Crippen molar-refractivity contribution in [1.82, 2.24) is 4.90 Å². The fourth-order valence-corrected chi connectivity index (χ4v) is 3.38. The number of nitrogens with zero attached hydrogens (tertiary/aromatic N) is 2. The van der Waals surface area contributed by atoms with E-state index in [1.807, 2.05) is 0 Å². The van der Waals surface area contributed by atoms with E-state index in [0.29, 0.717) is 11.2 Å². The Hall–Kier alpha value is -1.48.